The molecule has 0 bridgehead atoms. The maximum atomic E-state index is 6.09. The van der Waals surface area contributed by atoms with Gasteiger partial charge in [-0.15, -0.1) is 24.0 Å². The molecule has 2 aliphatic rings. The van der Waals surface area contributed by atoms with Crippen molar-refractivity contribution in [2.75, 3.05) is 45.9 Å². The summed E-state index contributed by atoms with van der Waals surface area (Å²) in [5, 5.41) is 0. The Labute approximate surface area is 139 Å². The first-order valence-electron chi connectivity index (χ1n) is 7.53. The number of likely N-dealkylation sites (tertiary alicyclic amines) is 1. The summed E-state index contributed by atoms with van der Waals surface area (Å²) < 4.78 is 5.44. The van der Waals surface area contributed by atoms with Crippen LogP contribution in [0.5, 0.6) is 0 Å². The molecular formula is C14H29IN4O. The third-order valence-electron chi connectivity index (χ3n) is 4.15. The molecule has 20 heavy (non-hydrogen) atoms. The number of aliphatic imine (C=N–C) groups is 1. The minimum atomic E-state index is 0. The van der Waals surface area contributed by atoms with Crippen LogP contribution >= 0.6 is 24.0 Å². The number of piperidine rings is 1. The van der Waals surface area contributed by atoms with Gasteiger partial charge in [0.15, 0.2) is 5.96 Å². The molecule has 5 nitrogen and oxygen atoms in total. The Morgan fingerprint density at radius 2 is 2.15 bits per heavy atom. The molecule has 2 heterocycles. The van der Waals surface area contributed by atoms with Crippen LogP contribution in [0.1, 0.15) is 26.7 Å². The van der Waals surface area contributed by atoms with Crippen molar-refractivity contribution in [1.29, 1.82) is 0 Å². The molecule has 0 saturated carbocycles. The highest BCUT2D eigenvalue weighted by atomic mass is 127. The van der Waals surface area contributed by atoms with Gasteiger partial charge in [-0.1, -0.05) is 6.92 Å². The Morgan fingerprint density at radius 3 is 2.85 bits per heavy atom. The lowest BCUT2D eigenvalue weighted by atomic mass is 10.0. The molecule has 0 aromatic heterocycles. The zero-order valence-electron chi connectivity index (χ0n) is 12.8. The molecule has 2 rings (SSSR count). The predicted molar refractivity (Wildman–Crippen MR) is 93.7 cm³/mol. The topological polar surface area (TPSA) is 54.1 Å². The quantitative estimate of drug-likeness (QED) is 0.445. The third-order valence-corrected chi connectivity index (χ3v) is 4.15. The summed E-state index contributed by atoms with van der Waals surface area (Å²) in [6.07, 6.45) is 2.55. The predicted octanol–water partition coefficient (Wildman–Crippen LogP) is 1.37. The van der Waals surface area contributed by atoms with Crippen LogP contribution in [0.2, 0.25) is 0 Å². The zero-order valence-corrected chi connectivity index (χ0v) is 15.1. The molecule has 2 aliphatic heterocycles. The van der Waals surface area contributed by atoms with Gasteiger partial charge in [0, 0.05) is 32.2 Å². The number of hydrogen-bond donors (Lipinski definition) is 1. The number of nitrogens with two attached hydrogens (primary N) is 1. The number of morpholine rings is 1. The average Bonchev–Trinajstić information content (AvgIpc) is 2.41. The molecule has 2 unspecified atom stereocenters. The lowest BCUT2D eigenvalue weighted by molar-refractivity contribution is 0.00139. The van der Waals surface area contributed by atoms with Crippen molar-refractivity contribution in [2.24, 2.45) is 16.6 Å². The molecule has 0 aliphatic carbocycles. The first kappa shape index (κ1) is 18.0. The number of halogens is 1. The van der Waals surface area contributed by atoms with Crippen LogP contribution in [0.15, 0.2) is 4.99 Å². The van der Waals surface area contributed by atoms with Crippen molar-refractivity contribution < 1.29 is 4.74 Å². The van der Waals surface area contributed by atoms with E-state index in [1.807, 2.05) is 0 Å². The first-order chi connectivity index (χ1) is 9.16. The molecule has 0 spiro atoms. The Hall–Kier alpha value is -0.0800. The maximum absolute atomic E-state index is 6.09. The minimum absolute atomic E-state index is 0. The van der Waals surface area contributed by atoms with Crippen LogP contribution in [0.4, 0.5) is 0 Å². The van der Waals surface area contributed by atoms with Crippen LogP contribution in [0.3, 0.4) is 0 Å². The van der Waals surface area contributed by atoms with E-state index in [-0.39, 0.29) is 24.0 Å². The van der Waals surface area contributed by atoms with Crippen molar-refractivity contribution in [3.63, 3.8) is 0 Å². The summed E-state index contributed by atoms with van der Waals surface area (Å²) in [5.74, 6) is 1.47. The van der Waals surface area contributed by atoms with Gasteiger partial charge in [0.05, 0.1) is 19.8 Å². The van der Waals surface area contributed by atoms with Gasteiger partial charge < -0.3 is 15.4 Å². The van der Waals surface area contributed by atoms with E-state index in [0.717, 1.165) is 57.8 Å². The summed E-state index contributed by atoms with van der Waals surface area (Å²) in [6.45, 7) is 11.1. The second kappa shape index (κ2) is 9.04. The highest BCUT2D eigenvalue weighted by Crippen LogP contribution is 2.14. The van der Waals surface area contributed by atoms with E-state index >= 15 is 0 Å². The molecular weight excluding hydrogens is 367 g/mol. The fourth-order valence-electron chi connectivity index (χ4n) is 2.88. The smallest absolute Gasteiger partial charge is 0.191 e. The molecule has 0 aromatic rings. The van der Waals surface area contributed by atoms with Crippen molar-refractivity contribution in [1.82, 2.24) is 9.80 Å². The van der Waals surface area contributed by atoms with Gasteiger partial charge in [0.1, 0.15) is 0 Å². The SMILES string of the molecule is CC1CCCN(C(N)=NCCN2CCOCC2C)C1.I. The van der Waals surface area contributed by atoms with Gasteiger partial charge in [-0.2, -0.15) is 0 Å². The van der Waals surface area contributed by atoms with E-state index in [2.05, 4.69) is 28.6 Å². The molecule has 2 fully saturated rings. The lowest BCUT2D eigenvalue weighted by Crippen LogP contribution is -2.46. The maximum Gasteiger partial charge on any atom is 0.191 e. The Morgan fingerprint density at radius 1 is 1.35 bits per heavy atom. The average molecular weight is 396 g/mol. The third kappa shape index (κ3) is 5.37. The monoisotopic (exact) mass is 396 g/mol. The zero-order chi connectivity index (χ0) is 13.7. The number of nitrogens with zero attached hydrogens (tertiary/aromatic N) is 3. The molecule has 118 valence electrons. The Balaban J connectivity index is 0.00000200. The molecule has 0 radical (unpaired) electrons. The van der Waals surface area contributed by atoms with Gasteiger partial charge in [0.25, 0.3) is 0 Å². The minimum Gasteiger partial charge on any atom is -0.379 e. The van der Waals surface area contributed by atoms with Crippen molar-refractivity contribution in [2.45, 2.75) is 32.7 Å². The van der Waals surface area contributed by atoms with E-state index in [9.17, 15) is 0 Å². The summed E-state index contributed by atoms with van der Waals surface area (Å²) in [6, 6.07) is 0.500. The highest BCUT2D eigenvalue weighted by molar-refractivity contribution is 14.0. The normalized spacial score (nSPS) is 29.1. The van der Waals surface area contributed by atoms with E-state index in [0.29, 0.717) is 6.04 Å². The molecule has 0 amide bonds. The highest BCUT2D eigenvalue weighted by Gasteiger charge is 2.19. The Bertz CT molecular complexity index is 314. The molecule has 0 aromatic carbocycles. The molecule has 2 atom stereocenters. The summed E-state index contributed by atoms with van der Waals surface area (Å²) in [4.78, 5) is 9.21. The fraction of sp³-hybridized carbons (Fsp3) is 0.929. The standard InChI is InChI=1S/C14H28N4O.HI/c1-12-4-3-6-18(10-12)14(15)16-5-7-17-8-9-19-11-13(17)2;/h12-13H,3-11H2,1-2H3,(H2,15,16);1H. The van der Waals surface area contributed by atoms with Crippen molar-refractivity contribution in [3.8, 4) is 0 Å². The van der Waals surface area contributed by atoms with E-state index in [1.165, 1.54) is 12.8 Å². The Kier molecular flexibility index (Phi) is 8.13. The van der Waals surface area contributed by atoms with Gasteiger partial charge >= 0.3 is 0 Å². The summed E-state index contributed by atoms with van der Waals surface area (Å²) in [7, 11) is 0. The molecule has 6 heteroatoms. The molecule has 2 saturated heterocycles. The van der Waals surface area contributed by atoms with Crippen LogP contribution in [-0.4, -0.2) is 67.7 Å². The first-order valence-corrected chi connectivity index (χ1v) is 7.53. The number of rotatable bonds is 3. The van der Waals surface area contributed by atoms with Crippen LogP contribution in [0, 0.1) is 5.92 Å². The van der Waals surface area contributed by atoms with Crippen LogP contribution in [-0.2, 0) is 4.74 Å². The second-order valence-electron chi connectivity index (χ2n) is 5.89. The number of hydrogen-bond acceptors (Lipinski definition) is 3. The largest absolute Gasteiger partial charge is 0.379 e. The van der Waals surface area contributed by atoms with Gasteiger partial charge in [-0.25, -0.2) is 0 Å². The number of ether oxygens (including phenoxy) is 1. The summed E-state index contributed by atoms with van der Waals surface area (Å²) in [5.41, 5.74) is 6.09. The second-order valence-corrected chi connectivity index (χ2v) is 5.89. The van der Waals surface area contributed by atoms with Gasteiger partial charge in [-0.05, 0) is 25.7 Å². The van der Waals surface area contributed by atoms with Gasteiger partial charge in [0.2, 0.25) is 0 Å². The van der Waals surface area contributed by atoms with Crippen LogP contribution in [0.25, 0.3) is 0 Å². The van der Waals surface area contributed by atoms with Crippen molar-refractivity contribution in [3.05, 3.63) is 0 Å². The molecule has 2 N–H and O–H groups in total. The van der Waals surface area contributed by atoms with E-state index in [4.69, 9.17) is 10.5 Å². The number of guanidine groups is 1. The lowest BCUT2D eigenvalue weighted by Gasteiger charge is -2.33. The van der Waals surface area contributed by atoms with E-state index in [1.54, 1.807) is 0 Å². The van der Waals surface area contributed by atoms with E-state index < -0.39 is 0 Å². The summed E-state index contributed by atoms with van der Waals surface area (Å²) >= 11 is 0. The van der Waals surface area contributed by atoms with Crippen molar-refractivity contribution >= 4 is 29.9 Å². The van der Waals surface area contributed by atoms with Gasteiger partial charge in [-0.3, -0.25) is 9.89 Å². The fourth-order valence-corrected chi connectivity index (χ4v) is 2.88. The van der Waals surface area contributed by atoms with Crippen LogP contribution < -0.4 is 5.73 Å².